The molecule has 3 heteroatoms. The summed E-state index contributed by atoms with van der Waals surface area (Å²) in [6.45, 7) is 7.36. The number of likely N-dealkylation sites (N-methyl/N-ethyl adjacent to an activating group) is 1. The van der Waals surface area contributed by atoms with E-state index >= 15 is 0 Å². The highest BCUT2D eigenvalue weighted by atomic mass is 79.9. The molecule has 1 aromatic heterocycles. The summed E-state index contributed by atoms with van der Waals surface area (Å²) in [7, 11) is 0. The van der Waals surface area contributed by atoms with Crippen molar-refractivity contribution in [3.8, 4) is 0 Å². The Hall–Kier alpha value is -1.19. The molecule has 0 saturated carbocycles. The predicted octanol–water partition coefficient (Wildman–Crippen LogP) is 4.35. The normalized spacial score (nSPS) is 12.4. The lowest BCUT2D eigenvalue weighted by Crippen LogP contribution is -2.24. The molecule has 2 rings (SSSR count). The first-order valence-electron chi connectivity index (χ1n) is 7.01. The molecular formula is C17H21BrN2. The van der Waals surface area contributed by atoms with Crippen molar-refractivity contribution in [2.75, 3.05) is 6.54 Å². The summed E-state index contributed by atoms with van der Waals surface area (Å²) in [5.41, 5.74) is 5.06. The third kappa shape index (κ3) is 3.90. The van der Waals surface area contributed by atoms with E-state index in [2.05, 4.69) is 65.2 Å². The highest BCUT2D eigenvalue weighted by molar-refractivity contribution is 9.10. The maximum atomic E-state index is 4.53. The van der Waals surface area contributed by atoms with E-state index < -0.39 is 0 Å². The molecule has 0 aliphatic rings. The first kappa shape index (κ1) is 15.2. The Kier molecular flexibility index (Phi) is 5.32. The van der Waals surface area contributed by atoms with Crippen LogP contribution in [-0.4, -0.2) is 11.5 Å². The second kappa shape index (κ2) is 7.00. The highest BCUT2D eigenvalue weighted by Crippen LogP contribution is 2.24. The van der Waals surface area contributed by atoms with Gasteiger partial charge in [0.05, 0.1) is 11.7 Å². The minimum absolute atomic E-state index is 0.233. The molecule has 1 aromatic carbocycles. The largest absolute Gasteiger partial charge is 0.309 e. The third-order valence-corrected chi connectivity index (χ3v) is 3.96. The summed E-state index contributed by atoms with van der Waals surface area (Å²) < 4.78 is 1.07. The molecule has 0 aliphatic heterocycles. The number of aryl methyl sites for hydroxylation is 2. The Morgan fingerprint density at radius 2 is 1.90 bits per heavy atom. The number of nitrogens with one attached hydrogen (secondary N) is 1. The molecule has 0 aliphatic carbocycles. The Bertz CT molecular complexity index is 561. The van der Waals surface area contributed by atoms with Gasteiger partial charge < -0.3 is 5.32 Å². The van der Waals surface area contributed by atoms with Gasteiger partial charge in [0.25, 0.3) is 0 Å². The fourth-order valence-electron chi connectivity index (χ4n) is 2.59. The van der Waals surface area contributed by atoms with Crippen LogP contribution in [0.15, 0.2) is 41.0 Å². The van der Waals surface area contributed by atoms with E-state index in [1.165, 1.54) is 16.7 Å². The van der Waals surface area contributed by atoms with Crippen molar-refractivity contribution in [1.82, 2.24) is 10.3 Å². The average molecular weight is 333 g/mol. The standard InChI is InChI=1S/C17H21BrN2/c1-4-19-16(17-15(18)6-5-7-20-17)11-14-9-12(2)8-13(3)10-14/h5-10,16,19H,4,11H2,1-3H3. The molecular weight excluding hydrogens is 312 g/mol. The molecule has 106 valence electrons. The Morgan fingerprint density at radius 1 is 1.20 bits per heavy atom. The summed E-state index contributed by atoms with van der Waals surface area (Å²) in [6, 6.07) is 11.0. The van der Waals surface area contributed by atoms with Crippen LogP contribution in [0.5, 0.6) is 0 Å². The van der Waals surface area contributed by atoms with Crippen LogP contribution in [0.1, 0.15) is 35.3 Å². The molecule has 0 amide bonds. The predicted molar refractivity (Wildman–Crippen MR) is 88.0 cm³/mol. The molecule has 2 nitrogen and oxygen atoms in total. The second-order valence-electron chi connectivity index (χ2n) is 5.18. The third-order valence-electron chi connectivity index (χ3n) is 3.29. The minimum atomic E-state index is 0.233. The maximum absolute atomic E-state index is 4.53. The lowest BCUT2D eigenvalue weighted by molar-refractivity contribution is 0.534. The molecule has 0 radical (unpaired) electrons. The van der Waals surface area contributed by atoms with Gasteiger partial charge in [-0.3, -0.25) is 4.98 Å². The highest BCUT2D eigenvalue weighted by Gasteiger charge is 2.15. The van der Waals surface area contributed by atoms with Crippen LogP contribution >= 0.6 is 15.9 Å². The van der Waals surface area contributed by atoms with E-state index in [4.69, 9.17) is 0 Å². The van der Waals surface area contributed by atoms with E-state index in [1.807, 2.05) is 18.3 Å². The van der Waals surface area contributed by atoms with Gasteiger partial charge in [-0.25, -0.2) is 0 Å². The van der Waals surface area contributed by atoms with Crippen molar-refractivity contribution >= 4 is 15.9 Å². The van der Waals surface area contributed by atoms with Crippen molar-refractivity contribution in [2.24, 2.45) is 0 Å². The number of pyridine rings is 1. The molecule has 1 N–H and O–H groups in total. The molecule has 0 bridgehead atoms. The van der Waals surface area contributed by atoms with Crippen molar-refractivity contribution < 1.29 is 0 Å². The SMILES string of the molecule is CCNC(Cc1cc(C)cc(C)c1)c1ncccc1Br. The summed E-state index contributed by atoms with van der Waals surface area (Å²) in [4.78, 5) is 4.53. The zero-order chi connectivity index (χ0) is 14.5. The van der Waals surface area contributed by atoms with Crippen LogP contribution in [0.4, 0.5) is 0 Å². The second-order valence-corrected chi connectivity index (χ2v) is 6.04. The van der Waals surface area contributed by atoms with Crippen LogP contribution in [0, 0.1) is 13.8 Å². The Labute approximate surface area is 129 Å². The number of nitrogens with zero attached hydrogens (tertiary/aromatic N) is 1. The molecule has 1 unspecified atom stereocenters. The van der Waals surface area contributed by atoms with Crippen LogP contribution in [-0.2, 0) is 6.42 Å². The van der Waals surface area contributed by atoms with E-state index in [1.54, 1.807) is 0 Å². The lowest BCUT2D eigenvalue weighted by atomic mass is 9.99. The van der Waals surface area contributed by atoms with E-state index in [-0.39, 0.29) is 6.04 Å². The fourth-order valence-corrected chi connectivity index (χ4v) is 3.12. The van der Waals surface area contributed by atoms with Gasteiger partial charge in [0.1, 0.15) is 0 Å². The van der Waals surface area contributed by atoms with Crippen molar-refractivity contribution in [1.29, 1.82) is 0 Å². The van der Waals surface area contributed by atoms with Gasteiger partial charge in [-0.1, -0.05) is 36.2 Å². The van der Waals surface area contributed by atoms with Crippen LogP contribution in [0.2, 0.25) is 0 Å². The molecule has 2 aromatic rings. The maximum Gasteiger partial charge on any atom is 0.0718 e. The molecule has 20 heavy (non-hydrogen) atoms. The molecule has 0 spiro atoms. The van der Waals surface area contributed by atoms with Crippen molar-refractivity contribution in [3.63, 3.8) is 0 Å². The average Bonchev–Trinajstić information content (AvgIpc) is 2.37. The molecule has 0 saturated heterocycles. The minimum Gasteiger partial charge on any atom is -0.309 e. The number of rotatable bonds is 5. The number of hydrogen-bond acceptors (Lipinski definition) is 2. The van der Waals surface area contributed by atoms with Gasteiger partial charge in [-0.2, -0.15) is 0 Å². The van der Waals surface area contributed by atoms with Gasteiger partial charge >= 0.3 is 0 Å². The first-order valence-corrected chi connectivity index (χ1v) is 7.80. The van der Waals surface area contributed by atoms with E-state index in [0.29, 0.717) is 0 Å². The van der Waals surface area contributed by atoms with Crippen LogP contribution in [0.3, 0.4) is 0 Å². The van der Waals surface area contributed by atoms with E-state index in [0.717, 1.165) is 23.1 Å². The summed E-state index contributed by atoms with van der Waals surface area (Å²) in [5, 5.41) is 3.53. The zero-order valence-electron chi connectivity index (χ0n) is 12.3. The molecule has 1 heterocycles. The Morgan fingerprint density at radius 3 is 2.50 bits per heavy atom. The van der Waals surface area contributed by atoms with Gasteiger partial charge in [-0.15, -0.1) is 0 Å². The van der Waals surface area contributed by atoms with Gasteiger partial charge in [0.15, 0.2) is 0 Å². The first-order chi connectivity index (χ1) is 9.60. The van der Waals surface area contributed by atoms with Crippen molar-refractivity contribution in [3.05, 3.63) is 63.4 Å². The number of benzene rings is 1. The van der Waals surface area contributed by atoms with Crippen LogP contribution < -0.4 is 5.32 Å². The number of halogens is 1. The smallest absolute Gasteiger partial charge is 0.0718 e. The lowest BCUT2D eigenvalue weighted by Gasteiger charge is -2.19. The molecule has 0 fully saturated rings. The van der Waals surface area contributed by atoms with Gasteiger partial charge in [0, 0.05) is 10.7 Å². The number of hydrogen-bond donors (Lipinski definition) is 1. The Balaban J connectivity index is 2.28. The van der Waals surface area contributed by atoms with E-state index in [9.17, 15) is 0 Å². The summed E-state index contributed by atoms with van der Waals surface area (Å²) in [6.07, 6.45) is 2.80. The monoisotopic (exact) mass is 332 g/mol. The zero-order valence-corrected chi connectivity index (χ0v) is 13.9. The van der Waals surface area contributed by atoms with Crippen molar-refractivity contribution in [2.45, 2.75) is 33.2 Å². The summed E-state index contributed by atoms with van der Waals surface area (Å²) in [5.74, 6) is 0. The quantitative estimate of drug-likeness (QED) is 0.880. The van der Waals surface area contributed by atoms with Gasteiger partial charge in [-0.05, 0) is 60.4 Å². The van der Waals surface area contributed by atoms with Crippen LogP contribution in [0.25, 0.3) is 0 Å². The van der Waals surface area contributed by atoms with Gasteiger partial charge in [0.2, 0.25) is 0 Å². The molecule has 1 atom stereocenters. The topological polar surface area (TPSA) is 24.9 Å². The fraction of sp³-hybridized carbons (Fsp3) is 0.353. The number of aromatic nitrogens is 1. The summed E-state index contributed by atoms with van der Waals surface area (Å²) >= 11 is 3.61.